The van der Waals surface area contributed by atoms with Crippen molar-refractivity contribution in [2.75, 3.05) is 20.3 Å². The maximum Gasteiger partial charge on any atom is 0.304 e. The highest BCUT2D eigenvalue weighted by Gasteiger charge is 2.64. The van der Waals surface area contributed by atoms with Gasteiger partial charge in [0.2, 0.25) is 5.72 Å². The number of hydrogen-bond donors (Lipinski definition) is 1. The van der Waals surface area contributed by atoms with Gasteiger partial charge in [-0.1, -0.05) is 30.3 Å². The number of nitrogens with two attached hydrogens (primary N) is 1. The molecule has 3 fully saturated rings. The minimum Gasteiger partial charge on any atom is -0.597 e. The molecule has 5 rings (SSSR count). The molecule has 13 nitrogen and oxygen atoms in total. The average molecular weight is 578 g/mol. The lowest BCUT2D eigenvalue weighted by Crippen LogP contribution is -2.79. The molecule has 1 aromatic carbocycles. The van der Waals surface area contributed by atoms with Gasteiger partial charge in [0.05, 0.1) is 12.6 Å². The highest BCUT2D eigenvalue weighted by Crippen LogP contribution is 2.54. The Morgan fingerprint density at radius 2 is 1.88 bits per heavy atom. The number of carbonyl (C=O) groups is 3. The fourth-order valence-corrected chi connectivity index (χ4v) is 6.95. The molecule has 40 heavy (non-hydrogen) atoms. The summed E-state index contributed by atoms with van der Waals surface area (Å²) in [5.74, 6) is -1.49. The van der Waals surface area contributed by atoms with E-state index in [1.165, 1.54) is 39.6 Å². The molecular weight excluding hydrogens is 544 g/mol. The molecule has 14 heteroatoms. The first-order valence-electron chi connectivity index (χ1n) is 12.9. The number of hydrogen-bond acceptors (Lipinski definition) is 13. The van der Waals surface area contributed by atoms with Gasteiger partial charge in [-0.3, -0.25) is 24.5 Å². The normalized spacial score (nSPS) is 34.9. The first-order chi connectivity index (χ1) is 19.1. The maximum atomic E-state index is 12.2. The molecule has 0 bridgehead atoms. The van der Waals surface area contributed by atoms with Crippen molar-refractivity contribution in [3.05, 3.63) is 47.5 Å². The third-order valence-electron chi connectivity index (χ3n) is 7.06. The number of methoxy groups -OCH3 is 1. The largest absolute Gasteiger partial charge is 0.597 e. The van der Waals surface area contributed by atoms with E-state index in [4.69, 9.17) is 34.2 Å². The van der Waals surface area contributed by atoms with Gasteiger partial charge >= 0.3 is 17.9 Å². The van der Waals surface area contributed by atoms with E-state index < -0.39 is 59.7 Å². The number of rotatable bonds is 8. The Hall–Kier alpha value is -2.88. The zero-order chi connectivity index (χ0) is 28.6. The average Bonchev–Trinajstić information content (AvgIpc) is 3.31. The molecule has 4 heterocycles. The molecule has 1 aromatic rings. The number of ether oxygens (including phenoxy) is 6. The smallest absolute Gasteiger partial charge is 0.304 e. The van der Waals surface area contributed by atoms with Crippen LogP contribution < -0.4 is 5.73 Å². The van der Waals surface area contributed by atoms with Crippen LogP contribution >= 0.6 is 11.8 Å². The van der Waals surface area contributed by atoms with Crippen LogP contribution in [0, 0.1) is 0 Å². The van der Waals surface area contributed by atoms with E-state index >= 15 is 0 Å². The van der Waals surface area contributed by atoms with E-state index in [9.17, 15) is 14.4 Å². The van der Waals surface area contributed by atoms with Crippen molar-refractivity contribution in [2.45, 2.75) is 74.2 Å². The maximum absolute atomic E-state index is 12.2. The molecule has 0 spiro atoms. The summed E-state index contributed by atoms with van der Waals surface area (Å²) < 4.78 is 34.7. The van der Waals surface area contributed by atoms with E-state index in [2.05, 4.69) is 5.43 Å². The third-order valence-corrected chi connectivity index (χ3v) is 8.40. The zero-order valence-electron chi connectivity index (χ0n) is 22.6. The van der Waals surface area contributed by atoms with Crippen molar-refractivity contribution in [3.8, 4) is 0 Å². The van der Waals surface area contributed by atoms with Gasteiger partial charge in [-0.05, 0) is 5.56 Å². The van der Waals surface area contributed by atoms with Crippen molar-refractivity contribution in [3.63, 3.8) is 0 Å². The first kappa shape index (κ1) is 28.6. The van der Waals surface area contributed by atoms with Gasteiger partial charge in [-0.25, -0.2) is 0 Å². The summed E-state index contributed by atoms with van der Waals surface area (Å²) in [7, 11) is 1.50. The highest BCUT2D eigenvalue weighted by atomic mass is 32.2. The molecule has 3 saturated heterocycles. The monoisotopic (exact) mass is 577 g/mol. The van der Waals surface area contributed by atoms with Crippen LogP contribution in [0.25, 0.3) is 11.1 Å². The van der Waals surface area contributed by atoms with Gasteiger partial charge < -0.3 is 39.6 Å². The Morgan fingerprint density at radius 1 is 1.12 bits per heavy atom. The predicted molar refractivity (Wildman–Crippen MR) is 141 cm³/mol. The van der Waals surface area contributed by atoms with E-state index in [0.717, 1.165) is 11.3 Å². The summed E-state index contributed by atoms with van der Waals surface area (Å²) >= 11 is 1.41. The molecule has 2 N–H and O–H groups in total. The number of hydrazine groups is 1. The summed E-state index contributed by atoms with van der Waals surface area (Å²) in [5.41, 5.74) is 11.1. The summed E-state index contributed by atoms with van der Waals surface area (Å²) in [6.07, 6.45) is -0.696. The van der Waals surface area contributed by atoms with Crippen LogP contribution in [0.5, 0.6) is 0 Å². The Balaban J connectivity index is 1.35. The van der Waals surface area contributed by atoms with Crippen molar-refractivity contribution in [1.29, 1.82) is 0 Å². The fraction of sp³-hybridized carbons (Fsp3) is 0.577. The topological polar surface area (TPSA) is 153 Å². The molecule has 0 aromatic heterocycles. The molecule has 0 radical (unpaired) electrons. The van der Waals surface area contributed by atoms with Gasteiger partial charge in [0.1, 0.15) is 30.4 Å². The summed E-state index contributed by atoms with van der Waals surface area (Å²) in [6.45, 7) is 4.08. The first-order valence-corrected chi connectivity index (χ1v) is 13.9. The lowest BCUT2D eigenvalue weighted by atomic mass is 9.97. The SMILES string of the molecule is COC1C(SC2COC3N4[N-]C(c5ccccc5)=CN4C3(OC(C)=O)C2)OC(COC(C)=O)C(OC(C)=O)C1N. The van der Waals surface area contributed by atoms with Crippen molar-refractivity contribution in [1.82, 2.24) is 10.1 Å². The second kappa shape index (κ2) is 11.5. The van der Waals surface area contributed by atoms with Crippen molar-refractivity contribution >= 4 is 35.4 Å². The summed E-state index contributed by atoms with van der Waals surface area (Å²) in [6, 6.07) is 8.93. The van der Waals surface area contributed by atoms with Crippen LogP contribution in [0.2, 0.25) is 0 Å². The summed E-state index contributed by atoms with van der Waals surface area (Å²) in [4.78, 5) is 35.5. The molecule has 8 unspecified atom stereocenters. The zero-order valence-corrected chi connectivity index (χ0v) is 23.4. The molecule has 0 aliphatic carbocycles. The lowest BCUT2D eigenvalue weighted by Gasteiger charge is -2.67. The van der Waals surface area contributed by atoms with Crippen LogP contribution in [0.3, 0.4) is 0 Å². The molecule has 0 amide bonds. The van der Waals surface area contributed by atoms with Crippen LogP contribution in [0.1, 0.15) is 32.8 Å². The molecule has 218 valence electrons. The quantitative estimate of drug-likeness (QED) is 0.351. The Bertz CT molecular complexity index is 1160. The van der Waals surface area contributed by atoms with Crippen molar-refractivity contribution in [2.24, 2.45) is 5.73 Å². The third kappa shape index (κ3) is 5.39. The van der Waals surface area contributed by atoms with Gasteiger partial charge in [-0.2, -0.15) is 0 Å². The number of fused-ring (bicyclic) bond motifs is 4. The van der Waals surface area contributed by atoms with Gasteiger partial charge in [0, 0.05) is 45.8 Å². The van der Waals surface area contributed by atoms with E-state index in [1.807, 2.05) is 36.5 Å². The van der Waals surface area contributed by atoms with Gasteiger partial charge in [-0.15, -0.1) is 17.5 Å². The Morgan fingerprint density at radius 3 is 2.52 bits per heavy atom. The van der Waals surface area contributed by atoms with E-state index in [0.29, 0.717) is 13.0 Å². The number of thioether (sulfide) groups is 1. The second-order valence-corrected chi connectivity index (χ2v) is 11.3. The molecule has 4 aliphatic rings. The predicted octanol–water partition coefficient (Wildman–Crippen LogP) is 1.49. The minimum absolute atomic E-state index is 0.146. The second-order valence-electron chi connectivity index (χ2n) is 9.93. The number of esters is 3. The standard InChI is InChI=1S/C26H33N4O9S/c1-14(31)35-13-20-22(37-15(2)32)21(27)23(34-4)24(38-20)40-18-10-26(39-16(3)33)25(36-12-18)30-28-19(11-29(26)30)17-8-6-5-7-9-17/h5-9,11,18,20-25H,10,12-13,27H2,1-4H3/q-1. The van der Waals surface area contributed by atoms with Crippen LogP contribution in [0.4, 0.5) is 0 Å². The molecule has 0 saturated carbocycles. The lowest BCUT2D eigenvalue weighted by molar-refractivity contribution is -0.397. The Labute approximate surface area is 236 Å². The molecule has 4 aliphatic heterocycles. The van der Waals surface area contributed by atoms with Gasteiger partial charge in [0.15, 0.2) is 6.23 Å². The summed E-state index contributed by atoms with van der Waals surface area (Å²) in [5, 5.41) is 3.26. The van der Waals surface area contributed by atoms with Crippen LogP contribution in [-0.2, 0) is 42.8 Å². The van der Waals surface area contributed by atoms with Gasteiger partial charge in [0.25, 0.3) is 0 Å². The number of benzene rings is 1. The number of nitrogens with zero attached hydrogens (tertiary/aromatic N) is 3. The van der Waals surface area contributed by atoms with Crippen molar-refractivity contribution < 1.29 is 42.8 Å². The molecule has 8 atom stereocenters. The Kier molecular flexibility index (Phi) is 8.27. The number of carbonyl (C=O) groups excluding carboxylic acids is 3. The van der Waals surface area contributed by atoms with E-state index in [-0.39, 0.29) is 11.9 Å². The van der Waals surface area contributed by atoms with Crippen LogP contribution in [0.15, 0.2) is 36.5 Å². The molecular formula is C26H33N4O9S-. The fourth-order valence-electron chi connectivity index (χ4n) is 5.43. The van der Waals surface area contributed by atoms with Crippen LogP contribution in [-0.4, -0.2) is 95.4 Å². The minimum atomic E-state index is -1.10. The van der Waals surface area contributed by atoms with E-state index in [1.54, 1.807) is 10.1 Å². The highest BCUT2D eigenvalue weighted by molar-refractivity contribution is 8.00.